The van der Waals surface area contributed by atoms with Crippen molar-refractivity contribution in [3.8, 4) is 6.19 Å². The SMILES string of the molecule is N#CNC(=S)OC1CCCCC1. The minimum atomic E-state index is 0.212. The second-order valence-electron chi connectivity index (χ2n) is 2.90. The summed E-state index contributed by atoms with van der Waals surface area (Å²) >= 11 is 4.78. The number of nitrogens with zero attached hydrogens (tertiary/aromatic N) is 1. The Morgan fingerprint density at radius 3 is 2.67 bits per heavy atom. The number of nitrogens with one attached hydrogen (secondary N) is 1. The van der Waals surface area contributed by atoms with Crippen LogP contribution in [0.15, 0.2) is 0 Å². The van der Waals surface area contributed by atoms with E-state index in [2.05, 4.69) is 5.32 Å². The highest BCUT2D eigenvalue weighted by Gasteiger charge is 2.15. The Balaban J connectivity index is 2.21. The Kier molecular flexibility index (Phi) is 3.81. The maximum atomic E-state index is 8.24. The lowest BCUT2D eigenvalue weighted by molar-refractivity contribution is 0.142. The van der Waals surface area contributed by atoms with Gasteiger partial charge in [-0.2, -0.15) is 5.26 Å². The molecule has 4 heteroatoms. The van der Waals surface area contributed by atoms with Crippen LogP contribution >= 0.6 is 12.2 Å². The van der Waals surface area contributed by atoms with E-state index in [0.717, 1.165) is 12.8 Å². The van der Waals surface area contributed by atoms with Crippen LogP contribution in [-0.2, 0) is 4.74 Å². The molecule has 0 spiro atoms. The van der Waals surface area contributed by atoms with Gasteiger partial charge in [0, 0.05) is 0 Å². The van der Waals surface area contributed by atoms with Gasteiger partial charge in [0.2, 0.25) is 0 Å². The maximum Gasteiger partial charge on any atom is 0.270 e. The molecule has 66 valence electrons. The highest BCUT2D eigenvalue weighted by molar-refractivity contribution is 7.80. The normalized spacial score (nSPS) is 17.9. The Labute approximate surface area is 77.7 Å². The summed E-state index contributed by atoms with van der Waals surface area (Å²) in [5.41, 5.74) is 0. The van der Waals surface area contributed by atoms with E-state index in [0.29, 0.717) is 0 Å². The third-order valence-corrected chi connectivity index (χ3v) is 2.18. The molecule has 0 unspecified atom stereocenters. The van der Waals surface area contributed by atoms with Crippen LogP contribution in [0.1, 0.15) is 32.1 Å². The van der Waals surface area contributed by atoms with Crippen LogP contribution in [0.5, 0.6) is 0 Å². The average Bonchev–Trinajstić information content (AvgIpc) is 2.06. The molecule has 1 N–H and O–H groups in total. The molecule has 0 aromatic carbocycles. The molecular weight excluding hydrogens is 172 g/mol. The van der Waals surface area contributed by atoms with Crippen molar-refractivity contribution in [2.75, 3.05) is 0 Å². The Bertz CT molecular complexity index is 194. The molecule has 0 atom stereocenters. The molecular formula is C8H12N2OS. The van der Waals surface area contributed by atoms with E-state index in [4.69, 9.17) is 22.2 Å². The summed E-state index contributed by atoms with van der Waals surface area (Å²) < 4.78 is 5.33. The summed E-state index contributed by atoms with van der Waals surface area (Å²) in [6, 6.07) is 0. The summed E-state index contributed by atoms with van der Waals surface area (Å²) in [5, 5.41) is 10.8. The third-order valence-electron chi connectivity index (χ3n) is 1.98. The van der Waals surface area contributed by atoms with Gasteiger partial charge in [0.25, 0.3) is 5.17 Å². The van der Waals surface area contributed by atoms with E-state index in [1.807, 2.05) is 0 Å². The summed E-state index contributed by atoms with van der Waals surface area (Å²) in [4.78, 5) is 0. The zero-order valence-electron chi connectivity index (χ0n) is 6.88. The van der Waals surface area contributed by atoms with Crippen LogP contribution in [0, 0.1) is 11.5 Å². The van der Waals surface area contributed by atoms with Crippen LogP contribution in [0.2, 0.25) is 0 Å². The zero-order valence-corrected chi connectivity index (χ0v) is 7.69. The highest BCUT2D eigenvalue weighted by atomic mass is 32.1. The minimum absolute atomic E-state index is 0.212. The topological polar surface area (TPSA) is 45.0 Å². The number of hydrogen-bond acceptors (Lipinski definition) is 3. The van der Waals surface area contributed by atoms with Crippen molar-refractivity contribution in [2.24, 2.45) is 0 Å². The van der Waals surface area contributed by atoms with Gasteiger partial charge in [0.15, 0.2) is 6.19 Å². The van der Waals surface area contributed by atoms with Gasteiger partial charge >= 0.3 is 0 Å². The van der Waals surface area contributed by atoms with Crippen LogP contribution in [-0.4, -0.2) is 11.3 Å². The van der Waals surface area contributed by atoms with Gasteiger partial charge in [-0.15, -0.1) is 0 Å². The highest BCUT2D eigenvalue weighted by Crippen LogP contribution is 2.20. The molecule has 12 heavy (non-hydrogen) atoms. The lowest BCUT2D eigenvalue weighted by Crippen LogP contribution is -2.26. The Morgan fingerprint density at radius 1 is 1.42 bits per heavy atom. The molecule has 0 saturated heterocycles. The van der Waals surface area contributed by atoms with E-state index >= 15 is 0 Å². The molecule has 0 aromatic rings. The van der Waals surface area contributed by atoms with E-state index in [-0.39, 0.29) is 11.3 Å². The van der Waals surface area contributed by atoms with Gasteiger partial charge in [0.1, 0.15) is 6.10 Å². The quantitative estimate of drug-likeness (QED) is 0.382. The number of thiocarbonyl (C=S) groups is 1. The summed E-state index contributed by atoms with van der Waals surface area (Å²) in [7, 11) is 0. The van der Waals surface area contributed by atoms with Gasteiger partial charge in [-0.05, 0) is 37.9 Å². The van der Waals surface area contributed by atoms with Crippen molar-refractivity contribution >= 4 is 17.4 Å². The first-order valence-corrected chi connectivity index (χ1v) is 4.59. The standard InChI is InChI=1S/C8H12N2OS/c9-6-10-8(12)11-7-4-2-1-3-5-7/h7H,1-5H2,(H,10,12). The van der Waals surface area contributed by atoms with E-state index in [1.54, 1.807) is 6.19 Å². The van der Waals surface area contributed by atoms with Gasteiger partial charge in [-0.3, -0.25) is 5.32 Å². The second-order valence-corrected chi connectivity index (χ2v) is 3.27. The van der Waals surface area contributed by atoms with Crippen LogP contribution in [0.25, 0.3) is 0 Å². The lowest BCUT2D eigenvalue weighted by Gasteiger charge is -2.22. The molecule has 1 saturated carbocycles. The van der Waals surface area contributed by atoms with Crippen LogP contribution in [0.4, 0.5) is 0 Å². The molecule has 1 fully saturated rings. The third kappa shape index (κ3) is 3.05. The van der Waals surface area contributed by atoms with E-state index in [9.17, 15) is 0 Å². The molecule has 1 aliphatic carbocycles. The van der Waals surface area contributed by atoms with Crippen molar-refractivity contribution in [1.82, 2.24) is 5.32 Å². The largest absolute Gasteiger partial charge is 0.467 e. The Morgan fingerprint density at radius 2 is 2.08 bits per heavy atom. The lowest BCUT2D eigenvalue weighted by atomic mass is 9.98. The summed E-state index contributed by atoms with van der Waals surface area (Å²) in [5.74, 6) is 0. The fraction of sp³-hybridized carbons (Fsp3) is 0.750. The van der Waals surface area contributed by atoms with Crippen LogP contribution < -0.4 is 5.32 Å². The predicted molar refractivity (Wildman–Crippen MR) is 49.3 cm³/mol. The molecule has 1 aliphatic rings. The maximum absolute atomic E-state index is 8.24. The first-order chi connectivity index (χ1) is 5.83. The molecule has 0 radical (unpaired) electrons. The molecule has 1 rings (SSSR count). The van der Waals surface area contributed by atoms with Crippen molar-refractivity contribution in [2.45, 2.75) is 38.2 Å². The van der Waals surface area contributed by atoms with Crippen molar-refractivity contribution in [3.63, 3.8) is 0 Å². The zero-order chi connectivity index (χ0) is 8.81. The summed E-state index contributed by atoms with van der Waals surface area (Å²) in [6.07, 6.45) is 7.80. The first kappa shape index (κ1) is 9.27. The van der Waals surface area contributed by atoms with Gasteiger partial charge in [-0.1, -0.05) is 6.42 Å². The summed E-state index contributed by atoms with van der Waals surface area (Å²) in [6.45, 7) is 0. The predicted octanol–water partition coefficient (Wildman–Crippen LogP) is 1.69. The van der Waals surface area contributed by atoms with Crippen molar-refractivity contribution in [1.29, 1.82) is 5.26 Å². The fourth-order valence-electron chi connectivity index (χ4n) is 1.41. The molecule has 0 heterocycles. The number of hydrogen-bond donors (Lipinski definition) is 1. The molecule has 0 aliphatic heterocycles. The number of rotatable bonds is 1. The molecule has 0 amide bonds. The van der Waals surface area contributed by atoms with Gasteiger partial charge in [0.05, 0.1) is 0 Å². The first-order valence-electron chi connectivity index (χ1n) is 4.18. The smallest absolute Gasteiger partial charge is 0.270 e. The second kappa shape index (κ2) is 4.94. The number of ether oxygens (including phenoxy) is 1. The van der Waals surface area contributed by atoms with Crippen molar-refractivity contribution < 1.29 is 4.74 Å². The van der Waals surface area contributed by atoms with Crippen molar-refractivity contribution in [3.05, 3.63) is 0 Å². The monoisotopic (exact) mass is 184 g/mol. The number of nitriles is 1. The minimum Gasteiger partial charge on any atom is -0.467 e. The molecule has 0 aromatic heterocycles. The van der Waals surface area contributed by atoms with Crippen LogP contribution in [0.3, 0.4) is 0 Å². The average molecular weight is 184 g/mol. The van der Waals surface area contributed by atoms with Gasteiger partial charge < -0.3 is 4.74 Å². The molecule has 3 nitrogen and oxygen atoms in total. The van der Waals surface area contributed by atoms with E-state index in [1.165, 1.54) is 19.3 Å². The fourth-order valence-corrected chi connectivity index (χ4v) is 1.59. The Hall–Kier alpha value is -0.820. The molecule has 0 bridgehead atoms. The van der Waals surface area contributed by atoms with E-state index < -0.39 is 0 Å². The van der Waals surface area contributed by atoms with Gasteiger partial charge in [-0.25, -0.2) is 0 Å².